The third-order valence-electron chi connectivity index (χ3n) is 3.88. The van der Waals surface area contributed by atoms with Crippen molar-refractivity contribution in [2.45, 2.75) is 44.6 Å². The molecular formula is C14H19NO3S. The standard InChI is InChI=1S/C14H19NO3S/c1-2-18-14(6-8-17-9-7-14)13-15-10-4-3-5-11(16)12(10)19-13/h2-9H2,1H3. The molecule has 0 spiro atoms. The Morgan fingerprint density at radius 2 is 2.16 bits per heavy atom. The van der Waals surface area contributed by atoms with Crippen molar-refractivity contribution in [3.63, 3.8) is 0 Å². The van der Waals surface area contributed by atoms with E-state index >= 15 is 0 Å². The molecule has 19 heavy (non-hydrogen) atoms. The van der Waals surface area contributed by atoms with E-state index in [0.717, 1.165) is 41.3 Å². The summed E-state index contributed by atoms with van der Waals surface area (Å²) in [6, 6.07) is 0. The molecule has 4 nitrogen and oxygen atoms in total. The number of Topliss-reactive ketones (excluding diaryl/α,β-unsaturated/α-hetero) is 1. The maximum atomic E-state index is 11.9. The summed E-state index contributed by atoms with van der Waals surface area (Å²) in [7, 11) is 0. The van der Waals surface area contributed by atoms with Crippen molar-refractivity contribution < 1.29 is 14.3 Å². The Hall–Kier alpha value is -0.780. The summed E-state index contributed by atoms with van der Waals surface area (Å²) in [6.07, 6.45) is 4.19. The average Bonchev–Trinajstić information content (AvgIpc) is 2.86. The molecule has 2 heterocycles. The first-order valence-corrected chi connectivity index (χ1v) is 7.82. The van der Waals surface area contributed by atoms with Crippen LogP contribution in [0.2, 0.25) is 0 Å². The van der Waals surface area contributed by atoms with Crippen LogP contribution in [0.15, 0.2) is 0 Å². The van der Waals surface area contributed by atoms with Crippen molar-refractivity contribution in [2.75, 3.05) is 19.8 Å². The van der Waals surface area contributed by atoms with Crippen molar-refractivity contribution in [2.24, 2.45) is 0 Å². The molecular weight excluding hydrogens is 262 g/mol. The number of aromatic nitrogens is 1. The molecule has 1 aromatic heterocycles. The van der Waals surface area contributed by atoms with E-state index in [9.17, 15) is 4.79 Å². The van der Waals surface area contributed by atoms with Gasteiger partial charge in [-0.05, 0) is 19.8 Å². The molecule has 104 valence electrons. The third kappa shape index (κ3) is 2.35. The van der Waals surface area contributed by atoms with E-state index < -0.39 is 0 Å². The molecule has 0 atom stereocenters. The number of rotatable bonds is 3. The lowest BCUT2D eigenvalue weighted by molar-refractivity contribution is -0.112. The van der Waals surface area contributed by atoms with Gasteiger partial charge in [0.15, 0.2) is 5.78 Å². The Morgan fingerprint density at radius 3 is 2.84 bits per heavy atom. The molecule has 0 saturated carbocycles. The van der Waals surface area contributed by atoms with Crippen LogP contribution < -0.4 is 0 Å². The van der Waals surface area contributed by atoms with Gasteiger partial charge in [0.25, 0.3) is 0 Å². The monoisotopic (exact) mass is 281 g/mol. The largest absolute Gasteiger partial charge is 0.381 e. The van der Waals surface area contributed by atoms with Gasteiger partial charge in [-0.3, -0.25) is 4.79 Å². The number of ketones is 1. The summed E-state index contributed by atoms with van der Waals surface area (Å²) >= 11 is 1.55. The van der Waals surface area contributed by atoms with Gasteiger partial charge in [-0.1, -0.05) is 0 Å². The highest BCUT2D eigenvalue weighted by molar-refractivity contribution is 7.14. The summed E-state index contributed by atoms with van der Waals surface area (Å²) in [5, 5.41) is 0.984. The van der Waals surface area contributed by atoms with Crippen molar-refractivity contribution in [1.82, 2.24) is 4.98 Å². The molecule has 3 rings (SSSR count). The lowest BCUT2D eigenvalue weighted by atomic mass is 9.94. The Morgan fingerprint density at radius 1 is 1.37 bits per heavy atom. The van der Waals surface area contributed by atoms with Gasteiger partial charge in [0.05, 0.1) is 10.6 Å². The summed E-state index contributed by atoms with van der Waals surface area (Å²) in [4.78, 5) is 17.5. The van der Waals surface area contributed by atoms with Crippen molar-refractivity contribution in [1.29, 1.82) is 0 Å². The summed E-state index contributed by atoms with van der Waals surface area (Å²) < 4.78 is 11.5. The van der Waals surface area contributed by atoms with Crippen molar-refractivity contribution in [3.05, 3.63) is 15.6 Å². The second-order valence-electron chi connectivity index (χ2n) is 5.11. The number of carbonyl (C=O) groups excluding carboxylic acids is 1. The first-order valence-electron chi connectivity index (χ1n) is 7.00. The fraction of sp³-hybridized carbons (Fsp3) is 0.714. The van der Waals surface area contributed by atoms with E-state index in [1.54, 1.807) is 11.3 Å². The van der Waals surface area contributed by atoms with E-state index in [1.807, 2.05) is 6.92 Å². The van der Waals surface area contributed by atoms with E-state index in [0.29, 0.717) is 26.2 Å². The number of ether oxygens (including phenoxy) is 2. The zero-order valence-electron chi connectivity index (χ0n) is 11.2. The number of hydrogen-bond acceptors (Lipinski definition) is 5. The SMILES string of the molecule is CCOC1(c2nc3c(s2)C(=O)CCC3)CCOCC1. The summed E-state index contributed by atoms with van der Waals surface area (Å²) in [5.74, 6) is 0.253. The zero-order chi connectivity index (χ0) is 13.3. The fourth-order valence-electron chi connectivity index (χ4n) is 2.86. The highest BCUT2D eigenvalue weighted by Crippen LogP contribution is 2.40. The molecule has 5 heteroatoms. The van der Waals surface area contributed by atoms with Gasteiger partial charge < -0.3 is 9.47 Å². The molecule has 2 aliphatic rings. The van der Waals surface area contributed by atoms with Crippen LogP contribution >= 0.6 is 11.3 Å². The predicted molar refractivity (Wildman–Crippen MR) is 72.7 cm³/mol. The minimum atomic E-state index is -0.324. The topological polar surface area (TPSA) is 48.4 Å². The molecule has 1 aliphatic heterocycles. The number of hydrogen-bond donors (Lipinski definition) is 0. The van der Waals surface area contributed by atoms with Gasteiger partial charge >= 0.3 is 0 Å². The van der Waals surface area contributed by atoms with Crippen LogP contribution in [0.5, 0.6) is 0 Å². The molecule has 1 saturated heterocycles. The average molecular weight is 281 g/mol. The van der Waals surface area contributed by atoms with E-state index in [4.69, 9.17) is 14.5 Å². The molecule has 0 radical (unpaired) electrons. The first kappa shape index (κ1) is 13.2. The number of fused-ring (bicyclic) bond motifs is 1. The van der Waals surface area contributed by atoms with E-state index in [2.05, 4.69) is 0 Å². The van der Waals surface area contributed by atoms with Crippen LogP contribution in [0.25, 0.3) is 0 Å². The molecule has 0 bridgehead atoms. The van der Waals surface area contributed by atoms with Crippen molar-refractivity contribution >= 4 is 17.1 Å². The zero-order valence-corrected chi connectivity index (χ0v) is 12.1. The first-order chi connectivity index (χ1) is 9.25. The van der Waals surface area contributed by atoms with Gasteiger partial charge in [0.2, 0.25) is 0 Å². The smallest absolute Gasteiger partial charge is 0.174 e. The Bertz CT molecular complexity index is 472. The van der Waals surface area contributed by atoms with Crippen LogP contribution in [-0.2, 0) is 21.5 Å². The predicted octanol–water partition coefficient (Wildman–Crippen LogP) is 2.70. The van der Waals surface area contributed by atoms with E-state index in [1.165, 1.54) is 0 Å². The summed E-state index contributed by atoms with van der Waals surface area (Å²) in [6.45, 7) is 4.09. The third-order valence-corrected chi connectivity index (χ3v) is 5.20. The Balaban J connectivity index is 1.96. The molecule has 0 unspecified atom stereocenters. The van der Waals surface area contributed by atoms with Crippen LogP contribution in [0.3, 0.4) is 0 Å². The van der Waals surface area contributed by atoms with Crippen LogP contribution in [0, 0.1) is 0 Å². The van der Waals surface area contributed by atoms with Crippen LogP contribution in [0.1, 0.15) is 53.0 Å². The van der Waals surface area contributed by atoms with Gasteiger partial charge in [-0.15, -0.1) is 11.3 Å². The summed E-state index contributed by atoms with van der Waals surface area (Å²) in [5.41, 5.74) is 0.664. The maximum absolute atomic E-state index is 11.9. The van der Waals surface area contributed by atoms with E-state index in [-0.39, 0.29) is 11.4 Å². The van der Waals surface area contributed by atoms with Gasteiger partial charge in [0, 0.05) is 39.1 Å². The number of nitrogens with zero attached hydrogens (tertiary/aromatic N) is 1. The lowest BCUT2D eigenvalue weighted by Crippen LogP contribution is -2.36. The molecule has 0 aromatic carbocycles. The van der Waals surface area contributed by atoms with Gasteiger partial charge in [-0.25, -0.2) is 4.98 Å². The minimum absolute atomic E-state index is 0.253. The van der Waals surface area contributed by atoms with Crippen molar-refractivity contribution in [3.8, 4) is 0 Å². The molecule has 0 N–H and O–H groups in total. The minimum Gasteiger partial charge on any atom is -0.381 e. The number of carbonyl (C=O) groups is 1. The quantitative estimate of drug-likeness (QED) is 0.854. The highest BCUT2D eigenvalue weighted by Gasteiger charge is 2.39. The maximum Gasteiger partial charge on any atom is 0.174 e. The number of aryl methyl sites for hydroxylation is 1. The number of thiazole rings is 1. The second kappa shape index (κ2) is 5.31. The molecule has 1 aromatic rings. The highest BCUT2D eigenvalue weighted by atomic mass is 32.1. The Kier molecular flexibility index (Phi) is 3.69. The molecule has 0 amide bonds. The second-order valence-corrected chi connectivity index (χ2v) is 6.11. The van der Waals surface area contributed by atoms with Gasteiger partial charge in [-0.2, -0.15) is 0 Å². The fourth-order valence-corrected chi connectivity index (χ4v) is 4.14. The van der Waals surface area contributed by atoms with Crippen LogP contribution in [0.4, 0.5) is 0 Å². The molecule has 1 aliphatic carbocycles. The lowest BCUT2D eigenvalue weighted by Gasteiger charge is -2.35. The van der Waals surface area contributed by atoms with Crippen LogP contribution in [-0.4, -0.2) is 30.6 Å². The normalized spacial score (nSPS) is 22.3. The Labute approximate surface area is 117 Å². The van der Waals surface area contributed by atoms with Gasteiger partial charge in [0.1, 0.15) is 10.6 Å². The molecule has 1 fully saturated rings.